The van der Waals surface area contributed by atoms with Crippen LogP contribution in [0.2, 0.25) is 5.02 Å². The van der Waals surface area contributed by atoms with Crippen molar-refractivity contribution in [1.29, 1.82) is 0 Å². The number of carboxylic acids is 1. The van der Waals surface area contributed by atoms with Gasteiger partial charge < -0.3 is 20.5 Å². The molecule has 162 valence electrons. The number of hydrogen-bond donors (Lipinski definition) is 3. The lowest BCUT2D eigenvalue weighted by atomic mass is 10.1. The zero-order valence-corrected chi connectivity index (χ0v) is 17.7. The van der Waals surface area contributed by atoms with Crippen LogP contribution in [0.25, 0.3) is 6.08 Å². The van der Waals surface area contributed by atoms with Gasteiger partial charge in [-0.25, -0.2) is 9.48 Å². The first kappa shape index (κ1) is 21.2. The number of methoxy groups -OCH3 is 1. The highest BCUT2D eigenvalue weighted by Crippen LogP contribution is 2.31. The Morgan fingerprint density at radius 1 is 1.25 bits per heavy atom. The Hall–Kier alpha value is -4.04. The van der Waals surface area contributed by atoms with Crippen molar-refractivity contribution < 1.29 is 19.4 Å². The van der Waals surface area contributed by atoms with Crippen LogP contribution < -0.4 is 15.4 Å². The van der Waals surface area contributed by atoms with E-state index in [-0.39, 0.29) is 17.1 Å². The molecule has 1 aliphatic rings. The number of carbonyl (C=O) groups excluding carboxylic acids is 1. The van der Waals surface area contributed by atoms with Gasteiger partial charge in [-0.05, 0) is 29.8 Å². The third-order valence-corrected chi connectivity index (χ3v) is 5.13. The maximum absolute atomic E-state index is 12.9. The standard InChI is InChI=1S/C23H19ClN4O4/c1-32-20-10-8-15(11-18(20)24)26-22(29)17-13-25-28-16(9-7-14-5-3-2-4-6-14)12-19(23(30)31)27-21(17)28/h2-13,16,27H,1H3,(H,26,29)(H,30,31)/b9-7+/t16-/m1/s1. The quantitative estimate of drug-likeness (QED) is 0.512. The molecule has 0 fully saturated rings. The minimum Gasteiger partial charge on any atom is -0.495 e. The monoisotopic (exact) mass is 450 g/mol. The van der Waals surface area contributed by atoms with Crippen molar-refractivity contribution in [3.8, 4) is 5.75 Å². The van der Waals surface area contributed by atoms with Crippen molar-refractivity contribution in [1.82, 2.24) is 9.78 Å². The van der Waals surface area contributed by atoms with E-state index in [1.54, 1.807) is 22.9 Å². The molecule has 0 unspecified atom stereocenters. The van der Waals surface area contributed by atoms with Gasteiger partial charge in [0.1, 0.15) is 22.8 Å². The largest absolute Gasteiger partial charge is 0.495 e. The highest BCUT2D eigenvalue weighted by Gasteiger charge is 2.27. The van der Waals surface area contributed by atoms with Gasteiger partial charge in [-0.3, -0.25) is 4.79 Å². The Kier molecular flexibility index (Phi) is 5.96. The Morgan fingerprint density at radius 3 is 2.72 bits per heavy atom. The van der Waals surface area contributed by atoms with Crippen molar-refractivity contribution in [2.75, 3.05) is 17.7 Å². The summed E-state index contributed by atoms with van der Waals surface area (Å²) in [6.07, 6.45) is 6.62. The van der Waals surface area contributed by atoms with Gasteiger partial charge >= 0.3 is 5.97 Å². The minimum absolute atomic E-state index is 0.0396. The van der Waals surface area contributed by atoms with E-state index in [1.807, 2.05) is 42.5 Å². The van der Waals surface area contributed by atoms with Crippen LogP contribution in [-0.2, 0) is 4.79 Å². The van der Waals surface area contributed by atoms with E-state index < -0.39 is 17.9 Å². The molecule has 2 heterocycles. The van der Waals surface area contributed by atoms with Crippen LogP contribution in [0.1, 0.15) is 22.0 Å². The molecule has 1 aliphatic heterocycles. The van der Waals surface area contributed by atoms with Crippen molar-refractivity contribution in [3.05, 3.63) is 88.7 Å². The van der Waals surface area contributed by atoms with Crippen LogP contribution in [0, 0.1) is 0 Å². The summed E-state index contributed by atoms with van der Waals surface area (Å²) in [5.74, 6) is -0.829. The number of anilines is 2. The Bertz CT molecular complexity index is 1230. The van der Waals surface area contributed by atoms with E-state index in [1.165, 1.54) is 19.4 Å². The number of allylic oxidation sites excluding steroid dienone is 2. The predicted molar refractivity (Wildman–Crippen MR) is 122 cm³/mol. The van der Waals surface area contributed by atoms with Crippen LogP contribution in [0.15, 0.2) is 72.6 Å². The van der Waals surface area contributed by atoms with Gasteiger partial charge in [-0.1, -0.05) is 54.1 Å². The molecule has 0 radical (unpaired) electrons. The summed E-state index contributed by atoms with van der Waals surface area (Å²) in [6, 6.07) is 14.0. The number of hydrogen-bond acceptors (Lipinski definition) is 5. The number of ether oxygens (including phenoxy) is 1. The SMILES string of the molecule is COc1ccc(NC(=O)c2cnn3c2NC(C(=O)O)=C[C@H]3/C=C/c2ccccc2)cc1Cl. The van der Waals surface area contributed by atoms with Gasteiger partial charge in [0, 0.05) is 5.69 Å². The number of carboxylic acid groups (broad SMARTS) is 1. The number of carbonyl (C=O) groups is 2. The molecule has 1 amide bonds. The van der Waals surface area contributed by atoms with Gasteiger partial charge in [0.05, 0.1) is 24.4 Å². The number of benzene rings is 2. The number of aliphatic carboxylic acids is 1. The first-order valence-corrected chi connectivity index (χ1v) is 10.0. The zero-order chi connectivity index (χ0) is 22.7. The van der Waals surface area contributed by atoms with E-state index in [0.717, 1.165) is 5.56 Å². The maximum atomic E-state index is 12.9. The summed E-state index contributed by atoms with van der Waals surface area (Å²) >= 11 is 6.13. The molecule has 3 aromatic rings. The van der Waals surface area contributed by atoms with Crippen LogP contribution in [0.3, 0.4) is 0 Å². The number of aromatic nitrogens is 2. The van der Waals surface area contributed by atoms with Gasteiger partial charge in [-0.2, -0.15) is 5.10 Å². The van der Waals surface area contributed by atoms with Gasteiger partial charge in [0.25, 0.3) is 5.91 Å². The first-order valence-electron chi connectivity index (χ1n) is 9.64. The average molecular weight is 451 g/mol. The van der Waals surface area contributed by atoms with E-state index in [2.05, 4.69) is 15.7 Å². The Labute approximate surface area is 188 Å². The van der Waals surface area contributed by atoms with Crippen LogP contribution in [0.4, 0.5) is 11.5 Å². The lowest BCUT2D eigenvalue weighted by molar-refractivity contribution is -0.132. The number of rotatable bonds is 6. The number of nitrogens with zero attached hydrogens (tertiary/aromatic N) is 2. The normalized spacial score (nSPS) is 14.9. The molecule has 9 heteroatoms. The maximum Gasteiger partial charge on any atom is 0.352 e. The fourth-order valence-electron chi connectivity index (χ4n) is 3.27. The predicted octanol–water partition coefficient (Wildman–Crippen LogP) is 4.45. The lowest BCUT2D eigenvalue weighted by Gasteiger charge is -2.22. The molecule has 1 atom stereocenters. The Balaban J connectivity index is 1.63. The Morgan fingerprint density at radius 2 is 2.03 bits per heavy atom. The number of fused-ring (bicyclic) bond motifs is 1. The fourth-order valence-corrected chi connectivity index (χ4v) is 3.53. The first-order chi connectivity index (χ1) is 15.5. The van der Waals surface area contributed by atoms with E-state index in [9.17, 15) is 14.7 Å². The van der Waals surface area contributed by atoms with Crippen molar-refractivity contribution >= 4 is 41.1 Å². The van der Waals surface area contributed by atoms with Gasteiger partial charge in [-0.15, -0.1) is 0 Å². The second-order valence-electron chi connectivity index (χ2n) is 6.93. The summed E-state index contributed by atoms with van der Waals surface area (Å²) in [7, 11) is 1.50. The topological polar surface area (TPSA) is 105 Å². The van der Waals surface area contributed by atoms with Crippen molar-refractivity contribution in [2.24, 2.45) is 0 Å². The smallest absolute Gasteiger partial charge is 0.352 e. The third kappa shape index (κ3) is 4.35. The van der Waals surface area contributed by atoms with E-state index in [0.29, 0.717) is 16.5 Å². The fraction of sp³-hybridized carbons (Fsp3) is 0.0870. The number of nitrogens with one attached hydrogen (secondary N) is 2. The molecule has 4 rings (SSSR count). The van der Waals surface area contributed by atoms with Crippen molar-refractivity contribution in [2.45, 2.75) is 6.04 Å². The third-order valence-electron chi connectivity index (χ3n) is 4.84. The molecule has 0 aliphatic carbocycles. The van der Waals surface area contributed by atoms with Crippen molar-refractivity contribution in [3.63, 3.8) is 0 Å². The number of amides is 1. The molecule has 8 nitrogen and oxygen atoms in total. The molecular formula is C23H19ClN4O4. The molecule has 1 aromatic heterocycles. The molecule has 32 heavy (non-hydrogen) atoms. The van der Waals surface area contributed by atoms with Crippen LogP contribution in [-0.4, -0.2) is 33.9 Å². The van der Waals surface area contributed by atoms with Gasteiger partial charge in [0.15, 0.2) is 0 Å². The van der Waals surface area contributed by atoms with Gasteiger partial charge in [0.2, 0.25) is 0 Å². The highest BCUT2D eigenvalue weighted by atomic mass is 35.5. The summed E-state index contributed by atoms with van der Waals surface area (Å²) in [6.45, 7) is 0. The molecular weight excluding hydrogens is 432 g/mol. The molecule has 0 saturated carbocycles. The molecule has 0 spiro atoms. The molecule has 0 bridgehead atoms. The average Bonchev–Trinajstić information content (AvgIpc) is 3.22. The molecule has 0 saturated heterocycles. The minimum atomic E-state index is -1.14. The molecule has 2 aromatic carbocycles. The summed E-state index contributed by atoms with van der Waals surface area (Å²) in [5.41, 5.74) is 1.58. The summed E-state index contributed by atoms with van der Waals surface area (Å²) < 4.78 is 6.67. The molecule has 3 N–H and O–H groups in total. The van der Waals surface area contributed by atoms with Crippen LogP contribution >= 0.6 is 11.6 Å². The van der Waals surface area contributed by atoms with E-state index in [4.69, 9.17) is 16.3 Å². The second kappa shape index (κ2) is 8.99. The summed E-state index contributed by atoms with van der Waals surface area (Å²) in [4.78, 5) is 24.6. The van der Waals surface area contributed by atoms with Crippen LogP contribution in [0.5, 0.6) is 5.75 Å². The lowest BCUT2D eigenvalue weighted by Crippen LogP contribution is -2.24. The highest BCUT2D eigenvalue weighted by molar-refractivity contribution is 6.32. The second-order valence-corrected chi connectivity index (χ2v) is 7.33. The van der Waals surface area contributed by atoms with E-state index >= 15 is 0 Å². The zero-order valence-electron chi connectivity index (χ0n) is 16.9. The summed E-state index contributed by atoms with van der Waals surface area (Å²) in [5, 5.41) is 19.7. The number of halogens is 1.